The van der Waals surface area contributed by atoms with Crippen molar-refractivity contribution < 1.29 is 4.79 Å². The first kappa shape index (κ1) is 14.5. The van der Waals surface area contributed by atoms with Crippen LogP contribution >= 0.6 is 0 Å². The minimum Gasteiger partial charge on any atom is -0.410 e. The summed E-state index contributed by atoms with van der Waals surface area (Å²) in [5.74, 6) is -0.000368. The van der Waals surface area contributed by atoms with E-state index < -0.39 is 8.24 Å². The van der Waals surface area contributed by atoms with Crippen molar-refractivity contribution in [3.63, 3.8) is 0 Å². The number of carbonyl (C=O) groups excluding carboxylic acids is 1. The number of nitrogens with one attached hydrogen (secondary N) is 1. The van der Waals surface area contributed by atoms with Crippen LogP contribution in [0, 0.1) is 0 Å². The summed E-state index contributed by atoms with van der Waals surface area (Å²) in [6.07, 6.45) is 1.67. The lowest BCUT2D eigenvalue weighted by atomic mass is 10.1. The fraction of sp³-hybridized carbons (Fsp3) is 0.357. The molecule has 0 saturated carbocycles. The molecule has 1 N–H and O–H groups in total. The van der Waals surface area contributed by atoms with E-state index in [4.69, 9.17) is 0 Å². The van der Waals surface area contributed by atoms with E-state index in [-0.39, 0.29) is 5.91 Å². The number of benzene rings is 1. The van der Waals surface area contributed by atoms with E-state index in [1.165, 1.54) is 0 Å². The molecule has 0 radical (unpaired) electrons. The van der Waals surface area contributed by atoms with Crippen LogP contribution in [0.3, 0.4) is 0 Å². The molecule has 0 bridgehead atoms. The predicted molar refractivity (Wildman–Crippen MR) is 79.6 cm³/mol. The highest BCUT2D eigenvalue weighted by molar-refractivity contribution is 6.74. The van der Waals surface area contributed by atoms with Crippen molar-refractivity contribution >= 4 is 19.8 Å². The van der Waals surface area contributed by atoms with E-state index in [1.54, 1.807) is 25.1 Å². The summed E-state index contributed by atoms with van der Waals surface area (Å²) < 4.78 is 0. The first-order valence-electron chi connectivity index (χ1n) is 6.06. The molecule has 0 aromatic heterocycles. The minimum absolute atomic E-state index is 0.000368. The molecule has 0 aliphatic heterocycles. The molecule has 98 valence electrons. The molecule has 1 amide bonds. The molecule has 0 saturated heterocycles. The molecule has 3 nitrogen and oxygen atoms in total. The van der Waals surface area contributed by atoms with Gasteiger partial charge >= 0.3 is 0 Å². The topological polar surface area (TPSA) is 32.3 Å². The largest absolute Gasteiger partial charge is 0.410 e. The maximum atomic E-state index is 11.8. The number of hydrogen-bond donors (Lipinski definition) is 1. The van der Waals surface area contributed by atoms with Crippen LogP contribution in [-0.2, 0) is 4.79 Å². The first-order valence-corrected chi connectivity index (χ1v) is 9.56. The highest BCUT2D eigenvalue weighted by Gasteiger charge is 2.16. The highest BCUT2D eigenvalue weighted by Crippen LogP contribution is 2.14. The van der Waals surface area contributed by atoms with E-state index in [2.05, 4.69) is 24.6 Å². The molecule has 0 atom stereocenters. The number of nitrogens with zero attached hydrogens (tertiary/aromatic N) is 1. The molecular formula is C14H22N2OSi. The molecule has 1 aromatic rings. The van der Waals surface area contributed by atoms with Gasteiger partial charge in [0.25, 0.3) is 0 Å². The number of carbonyl (C=O) groups is 1. The van der Waals surface area contributed by atoms with E-state index in [0.29, 0.717) is 0 Å². The first-order chi connectivity index (χ1) is 8.29. The minimum atomic E-state index is -1.49. The van der Waals surface area contributed by atoms with Crippen molar-refractivity contribution in [1.29, 1.82) is 0 Å². The van der Waals surface area contributed by atoms with Crippen molar-refractivity contribution in [3.8, 4) is 0 Å². The zero-order chi connectivity index (χ0) is 13.8. The Kier molecular flexibility index (Phi) is 4.73. The zero-order valence-corrected chi connectivity index (χ0v) is 12.8. The second kappa shape index (κ2) is 5.86. The highest BCUT2D eigenvalue weighted by atomic mass is 28.3. The van der Waals surface area contributed by atoms with Crippen molar-refractivity contribution in [1.82, 2.24) is 9.88 Å². The Hall–Kier alpha value is -1.55. The summed E-state index contributed by atoms with van der Waals surface area (Å²) in [7, 11) is 2.03. The Morgan fingerprint density at radius 2 is 1.72 bits per heavy atom. The van der Waals surface area contributed by atoms with Gasteiger partial charge in [0.05, 0.1) is 0 Å². The van der Waals surface area contributed by atoms with Crippen LogP contribution in [0.2, 0.25) is 19.6 Å². The standard InChI is InChI=1S/C14H22N2OSi/c1-16(2)14(17)11-13(15-18(3,4)5)12-9-7-6-8-10-12/h6-11,15H,1-5H3/b13-11+. The fourth-order valence-electron chi connectivity index (χ4n) is 1.47. The van der Waals surface area contributed by atoms with Gasteiger partial charge < -0.3 is 9.88 Å². The number of hydrogen-bond acceptors (Lipinski definition) is 2. The summed E-state index contributed by atoms with van der Waals surface area (Å²) in [6, 6.07) is 9.97. The van der Waals surface area contributed by atoms with Crippen molar-refractivity contribution in [2.24, 2.45) is 0 Å². The van der Waals surface area contributed by atoms with Gasteiger partial charge in [-0.1, -0.05) is 50.0 Å². The lowest BCUT2D eigenvalue weighted by molar-refractivity contribution is -0.123. The lowest BCUT2D eigenvalue weighted by Gasteiger charge is -2.23. The van der Waals surface area contributed by atoms with E-state index >= 15 is 0 Å². The van der Waals surface area contributed by atoms with Gasteiger partial charge in [0, 0.05) is 25.9 Å². The molecule has 0 fully saturated rings. The lowest BCUT2D eigenvalue weighted by Crippen LogP contribution is -2.40. The number of likely N-dealkylation sites (N-methyl/N-ethyl adjacent to an activating group) is 1. The molecule has 1 rings (SSSR count). The molecule has 0 aliphatic rings. The molecule has 0 spiro atoms. The van der Waals surface area contributed by atoms with Gasteiger partial charge in [-0.25, -0.2) is 0 Å². The van der Waals surface area contributed by atoms with Gasteiger partial charge in [-0.2, -0.15) is 0 Å². The Morgan fingerprint density at radius 1 is 1.17 bits per heavy atom. The van der Waals surface area contributed by atoms with Gasteiger partial charge in [-0.05, 0) is 5.56 Å². The van der Waals surface area contributed by atoms with Gasteiger partial charge in [-0.3, -0.25) is 4.79 Å². The summed E-state index contributed by atoms with van der Waals surface area (Å²) in [6.45, 7) is 6.64. The van der Waals surface area contributed by atoms with Crippen LogP contribution in [-0.4, -0.2) is 33.1 Å². The third-order valence-corrected chi connectivity index (χ3v) is 3.32. The van der Waals surface area contributed by atoms with Crippen LogP contribution in [0.1, 0.15) is 5.56 Å². The van der Waals surface area contributed by atoms with Crippen LogP contribution in [0.5, 0.6) is 0 Å². The Balaban J connectivity index is 3.07. The van der Waals surface area contributed by atoms with Crippen LogP contribution in [0.25, 0.3) is 5.70 Å². The average Bonchev–Trinajstić information content (AvgIpc) is 2.27. The molecule has 1 aromatic carbocycles. The summed E-state index contributed by atoms with van der Waals surface area (Å²) in [5, 5.41) is 0. The van der Waals surface area contributed by atoms with Crippen LogP contribution in [0.15, 0.2) is 36.4 Å². The molecule has 18 heavy (non-hydrogen) atoms. The van der Waals surface area contributed by atoms with Crippen LogP contribution in [0.4, 0.5) is 0 Å². The van der Waals surface area contributed by atoms with E-state index in [9.17, 15) is 4.79 Å². The predicted octanol–water partition coefficient (Wildman–Crippen LogP) is 2.54. The van der Waals surface area contributed by atoms with Crippen molar-refractivity contribution in [2.75, 3.05) is 14.1 Å². The van der Waals surface area contributed by atoms with Gasteiger partial charge in [0.1, 0.15) is 8.24 Å². The Morgan fingerprint density at radius 3 is 2.17 bits per heavy atom. The third-order valence-electron chi connectivity index (χ3n) is 2.30. The second-order valence-corrected chi connectivity index (χ2v) is 10.3. The van der Waals surface area contributed by atoms with Crippen LogP contribution < -0.4 is 4.98 Å². The van der Waals surface area contributed by atoms with Crippen molar-refractivity contribution in [3.05, 3.63) is 42.0 Å². The number of rotatable bonds is 4. The van der Waals surface area contributed by atoms with Crippen molar-refractivity contribution in [2.45, 2.75) is 19.6 Å². The van der Waals surface area contributed by atoms with Gasteiger partial charge in [-0.15, -0.1) is 0 Å². The summed E-state index contributed by atoms with van der Waals surface area (Å²) in [4.78, 5) is 16.9. The maximum absolute atomic E-state index is 11.8. The second-order valence-electron chi connectivity index (χ2n) is 5.53. The molecule has 0 aliphatic carbocycles. The summed E-state index contributed by atoms with van der Waals surface area (Å²) in [5.41, 5.74) is 1.96. The Labute approximate surface area is 111 Å². The SMILES string of the molecule is CN(C)C(=O)/C=C(/N[Si](C)(C)C)c1ccccc1. The number of amides is 1. The Bertz CT molecular complexity index is 433. The molecule has 4 heteroatoms. The van der Waals surface area contributed by atoms with E-state index in [1.807, 2.05) is 30.3 Å². The monoisotopic (exact) mass is 262 g/mol. The third kappa shape index (κ3) is 4.75. The van der Waals surface area contributed by atoms with Gasteiger partial charge in [0.15, 0.2) is 0 Å². The normalized spacial score (nSPS) is 12.2. The molecular weight excluding hydrogens is 240 g/mol. The maximum Gasteiger partial charge on any atom is 0.248 e. The quantitative estimate of drug-likeness (QED) is 0.668. The molecule has 0 heterocycles. The van der Waals surface area contributed by atoms with Gasteiger partial charge in [0.2, 0.25) is 5.91 Å². The zero-order valence-electron chi connectivity index (χ0n) is 11.8. The summed E-state index contributed by atoms with van der Waals surface area (Å²) >= 11 is 0. The van der Waals surface area contributed by atoms with E-state index in [0.717, 1.165) is 11.3 Å². The smallest absolute Gasteiger partial charge is 0.248 e. The fourth-order valence-corrected chi connectivity index (χ4v) is 2.49. The molecule has 0 unspecified atom stereocenters. The average molecular weight is 262 g/mol.